The fourth-order valence-electron chi connectivity index (χ4n) is 0.791. The van der Waals surface area contributed by atoms with E-state index in [9.17, 15) is 13.2 Å². The fraction of sp³-hybridized carbons (Fsp3) is 0.667. The second kappa shape index (κ2) is 3.13. The molecule has 0 amide bonds. The topological polar surface area (TPSA) is 21.3 Å². The van der Waals surface area contributed by atoms with Gasteiger partial charge in [-0.25, -0.2) is 5.32 Å². The molecule has 5 heteroatoms. The number of ether oxygens (including phenoxy) is 1. The Morgan fingerprint density at radius 2 is 2.27 bits per heavy atom. The Morgan fingerprint density at radius 1 is 1.55 bits per heavy atom. The average Bonchev–Trinajstić information content (AvgIpc) is 2.32. The van der Waals surface area contributed by atoms with E-state index in [1.165, 1.54) is 11.6 Å². The summed E-state index contributed by atoms with van der Waals surface area (Å²) in [5.41, 5.74) is 0. The highest BCUT2D eigenvalue weighted by Gasteiger charge is 2.28. The van der Waals surface area contributed by atoms with Crippen molar-refractivity contribution in [1.29, 1.82) is 0 Å². The first-order chi connectivity index (χ1) is 5.08. The van der Waals surface area contributed by atoms with E-state index in [1.54, 1.807) is 6.08 Å². The molecule has 0 radical (unpaired) electrons. The van der Waals surface area contributed by atoms with Gasteiger partial charge in [0.25, 0.3) is 0 Å². The Kier molecular flexibility index (Phi) is 2.38. The molecule has 1 aliphatic rings. The standard InChI is InChI=1S/C6H8F3NO/c7-6(8,9)10-4-5-2-1-3-11-5/h1,3,5,10H,2,4H2. The van der Waals surface area contributed by atoms with Crippen molar-refractivity contribution in [3.63, 3.8) is 0 Å². The lowest BCUT2D eigenvalue weighted by Gasteiger charge is -2.12. The molecule has 64 valence electrons. The lowest BCUT2D eigenvalue weighted by molar-refractivity contribution is -0.160. The Hall–Kier alpha value is -0.710. The highest BCUT2D eigenvalue weighted by Crippen LogP contribution is 2.12. The van der Waals surface area contributed by atoms with Gasteiger partial charge >= 0.3 is 6.30 Å². The highest BCUT2D eigenvalue weighted by atomic mass is 19.4. The number of hydrogen-bond acceptors (Lipinski definition) is 2. The van der Waals surface area contributed by atoms with Crippen molar-refractivity contribution in [3.8, 4) is 0 Å². The summed E-state index contributed by atoms with van der Waals surface area (Å²) in [6, 6.07) is 0. The minimum absolute atomic E-state index is 0.184. The molecule has 1 atom stereocenters. The van der Waals surface area contributed by atoms with Crippen LogP contribution in [-0.4, -0.2) is 18.9 Å². The normalized spacial score (nSPS) is 23.7. The van der Waals surface area contributed by atoms with Gasteiger partial charge in [0.1, 0.15) is 6.10 Å². The molecule has 1 aliphatic heterocycles. The third-order valence-corrected chi connectivity index (χ3v) is 1.30. The molecule has 1 rings (SSSR count). The minimum Gasteiger partial charge on any atom is -0.497 e. The van der Waals surface area contributed by atoms with E-state index in [-0.39, 0.29) is 12.6 Å². The van der Waals surface area contributed by atoms with E-state index in [1.807, 2.05) is 0 Å². The van der Waals surface area contributed by atoms with Crippen LogP contribution in [0.2, 0.25) is 0 Å². The smallest absolute Gasteiger partial charge is 0.457 e. The molecule has 11 heavy (non-hydrogen) atoms. The van der Waals surface area contributed by atoms with Gasteiger partial charge < -0.3 is 4.74 Å². The number of halogens is 3. The zero-order chi connectivity index (χ0) is 8.32. The number of nitrogens with one attached hydrogen (secondary N) is 1. The van der Waals surface area contributed by atoms with E-state index >= 15 is 0 Å². The van der Waals surface area contributed by atoms with Crippen LogP contribution >= 0.6 is 0 Å². The Balaban J connectivity index is 2.13. The lowest BCUT2D eigenvalue weighted by atomic mass is 10.3. The van der Waals surface area contributed by atoms with Crippen LogP contribution in [0.5, 0.6) is 0 Å². The summed E-state index contributed by atoms with van der Waals surface area (Å²) in [6.07, 6.45) is -1.00. The van der Waals surface area contributed by atoms with E-state index in [0.29, 0.717) is 6.42 Å². The third-order valence-electron chi connectivity index (χ3n) is 1.30. The highest BCUT2D eigenvalue weighted by molar-refractivity contribution is 4.87. The molecule has 1 unspecified atom stereocenters. The van der Waals surface area contributed by atoms with Crippen molar-refractivity contribution >= 4 is 0 Å². The van der Waals surface area contributed by atoms with Gasteiger partial charge in [-0.15, -0.1) is 0 Å². The lowest BCUT2D eigenvalue weighted by Crippen LogP contribution is -2.37. The quantitative estimate of drug-likeness (QED) is 0.627. The molecule has 1 N–H and O–H groups in total. The molecule has 0 bridgehead atoms. The van der Waals surface area contributed by atoms with Crippen LogP contribution in [0.1, 0.15) is 6.42 Å². The predicted molar refractivity (Wildman–Crippen MR) is 32.7 cm³/mol. The average molecular weight is 167 g/mol. The molecule has 2 nitrogen and oxygen atoms in total. The maximum Gasteiger partial charge on any atom is 0.457 e. The maximum absolute atomic E-state index is 11.5. The SMILES string of the molecule is FC(F)(F)NCC1CC=CO1. The largest absolute Gasteiger partial charge is 0.497 e. The van der Waals surface area contributed by atoms with Crippen LogP contribution in [0, 0.1) is 0 Å². The summed E-state index contributed by atoms with van der Waals surface area (Å²) in [5, 5.41) is 1.40. The number of rotatable bonds is 2. The summed E-state index contributed by atoms with van der Waals surface area (Å²) in [5.74, 6) is 0. The van der Waals surface area contributed by atoms with Gasteiger partial charge in [-0.05, 0) is 6.08 Å². The number of hydrogen-bond donors (Lipinski definition) is 1. The maximum atomic E-state index is 11.5. The van der Waals surface area contributed by atoms with Crippen LogP contribution in [0.15, 0.2) is 12.3 Å². The van der Waals surface area contributed by atoms with Crippen molar-refractivity contribution in [2.45, 2.75) is 18.8 Å². The van der Waals surface area contributed by atoms with Crippen LogP contribution in [0.4, 0.5) is 13.2 Å². The van der Waals surface area contributed by atoms with Crippen LogP contribution < -0.4 is 5.32 Å². The van der Waals surface area contributed by atoms with Crippen LogP contribution in [-0.2, 0) is 4.74 Å². The predicted octanol–water partition coefficient (Wildman–Crippen LogP) is 1.40. The van der Waals surface area contributed by atoms with Crippen molar-refractivity contribution in [1.82, 2.24) is 5.32 Å². The Labute approximate surface area is 62.0 Å². The van der Waals surface area contributed by atoms with Crippen molar-refractivity contribution in [2.75, 3.05) is 6.54 Å². The first-order valence-corrected chi connectivity index (χ1v) is 3.20. The van der Waals surface area contributed by atoms with Gasteiger partial charge in [0.2, 0.25) is 0 Å². The van der Waals surface area contributed by atoms with Gasteiger partial charge in [-0.1, -0.05) is 0 Å². The summed E-state index contributed by atoms with van der Waals surface area (Å²) < 4.78 is 39.4. The zero-order valence-electron chi connectivity index (χ0n) is 5.69. The summed E-state index contributed by atoms with van der Waals surface area (Å²) in [4.78, 5) is 0. The van der Waals surface area contributed by atoms with Gasteiger partial charge in [0.05, 0.1) is 6.26 Å². The van der Waals surface area contributed by atoms with Gasteiger partial charge in [0.15, 0.2) is 0 Å². The third kappa shape index (κ3) is 3.27. The van der Waals surface area contributed by atoms with Crippen LogP contribution in [0.3, 0.4) is 0 Å². The molecule has 0 spiro atoms. The van der Waals surface area contributed by atoms with Crippen molar-refractivity contribution in [2.24, 2.45) is 0 Å². The van der Waals surface area contributed by atoms with Crippen molar-refractivity contribution in [3.05, 3.63) is 12.3 Å². The second-order valence-electron chi connectivity index (χ2n) is 2.24. The Bertz CT molecular complexity index is 146. The molecule has 1 heterocycles. The molecule has 0 aromatic heterocycles. The van der Waals surface area contributed by atoms with Gasteiger partial charge in [0, 0.05) is 13.0 Å². The first kappa shape index (κ1) is 8.39. The molecular formula is C6H8F3NO. The number of alkyl halides is 3. The molecule has 0 saturated carbocycles. The Morgan fingerprint density at radius 3 is 2.73 bits per heavy atom. The summed E-state index contributed by atoms with van der Waals surface area (Å²) >= 11 is 0. The molecule has 0 saturated heterocycles. The molecular weight excluding hydrogens is 159 g/mol. The molecule has 0 aliphatic carbocycles. The van der Waals surface area contributed by atoms with E-state index in [4.69, 9.17) is 4.74 Å². The van der Waals surface area contributed by atoms with E-state index in [2.05, 4.69) is 0 Å². The first-order valence-electron chi connectivity index (χ1n) is 3.20. The second-order valence-corrected chi connectivity index (χ2v) is 2.24. The fourth-order valence-corrected chi connectivity index (χ4v) is 0.791. The summed E-state index contributed by atoms with van der Waals surface area (Å²) in [6.45, 7) is -0.184. The zero-order valence-corrected chi connectivity index (χ0v) is 5.69. The molecule has 0 aromatic carbocycles. The van der Waals surface area contributed by atoms with Gasteiger partial charge in [-0.2, -0.15) is 13.2 Å². The molecule has 0 fully saturated rings. The monoisotopic (exact) mass is 167 g/mol. The van der Waals surface area contributed by atoms with Crippen molar-refractivity contribution < 1.29 is 17.9 Å². The van der Waals surface area contributed by atoms with Crippen LogP contribution in [0.25, 0.3) is 0 Å². The minimum atomic E-state index is -4.30. The summed E-state index contributed by atoms with van der Waals surface area (Å²) in [7, 11) is 0. The van der Waals surface area contributed by atoms with Gasteiger partial charge in [-0.3, -0.25) is 0 Å². The van der Waals surface area contributed by atoms with E-state index < -0.39 is 6.30 Å². The van der Waals surface area contributed by atoms with E-state index in [0.717, 1.165) is 0 Å². The molecule has 0 aromatic rings.